The summed E-state index contributed by atoms with van der Waals surface area (Å²) in [6.45, 7) is 0.433. The molecule has 18 heavy (non-hydrogen) atoms. The Labute approximate surface area is 119 Å². The molecule has 1 nitrogen and oxygen atoms in total. The molecule has 0 aliphatic rings. The highest BCUT2D eigenvalue weighted by Crippen LogP contribution is 2.23. The van der Waals surface area contributed by atoms with Crippen LogP contribution in [0, 0.1) is 5.82 Å². The topological polar surface area (TPSA) is 9.23 Å². The molecule has 0 heterocycles. The summed E-state index contributed by atoms with van der Waals surface area (Å²) < 4.78 is 19.7. The van der Waals surface area contributed by atoms with Crippen LogP contribution in [0.15, 0.2) is 46.9 Å². The van der Waals surface area contributed by atoms with Gasteiger partial charge in [0.1, 0.15) is 18.2 Å². The third-order valence-electron chi connectivity index (χ3n) is 2.47. The first-order chi connectivity index (χ1) is 8.69. The van der Waals surface area contributed by atoms with E-state index in [1.807, 2.05) is 24.3 Å². The van der Waals surface area contributed by atoms with Crippen LogP contribution in [0.5, 0.6) is 5.75 Å². The lowest BCUT2D eigenvalue weighted by Gasteiger charge is -2.10. The van der Waals surface area contributed by atoms with Gasteiger partial charge < -0.3 is 4.74 Å². The second kappa shape index (κ2) is 6.21. The first-order valence-electron chi connectivity index (χ1n) is 5.40. The standard InChI is InChI=1S/C14H11BrClFO/c15-12-3-1-10(2-4-12)9-18-14-6-5-13(17)7-11(14)8-16/h1-7H,8-9H2. The lowest BCUT2D eigenvalue weighted by Crippen LogP contribution is -1.98. The van der Waals surface area contributed by atoms with E-state index < -0.39 is 0 Å². The summed E-state index contributed by atoms with van der Waals surface area (Å²) >= 11 is 9.13. The fraction of sp³-hybridized carbons (Fsp3) is 0.143. The molecule has 2 rings (SSSR count). The van der Waals surface area contributed by atoms with Crippen molar-refractivity contribution in [2.75, 3.05) is 0 Å². The molecule has 0 aliphatic heterocycles. The molecule has 4 heteroatoms. The molecule has 2 aromatic carbocycles. The maximum Gasteiger partial charge on any atom is 0.124 e. The van der Waals surface area contributed by atoms with Gasteiger partial charge in [-0.2, -0.15) is 0 Å². The van der Waals surface area contributed by atoms with Crippen molar-refractivity contribution in [3.63, 3.8) is 0 Å². The summed E-state index contributed by atoms with van der Waals surface area (Å²) in [6.07, 6.45) is 0. The van der Waals surface area contributed by atoms with Crippen molar-refractivity contribution >= 4 is 27.5 Å². The maximum atomic E-state index is 13.0. The quantitative estimate of drug-likeness (QED) is 0.725. The number of rotatable bonds is 4. The third kappa shape index (κ3) is 3.47. The lowest BCUT2D eigenvalue weighted by atomic mass is 10.2. The number of benzene rings is 2. The summed E-state index contributed by atoms with van der Waals surface area (Å²) in [6, 6.07) is 12.2. The van der Waals surface area contributed by atoms with Crippen molar-refractivity contribution in [3.05, 3.63) is 63.9 Å². The smallest absolute Gasteiger partial charge is 0.124 e. The molecular formula is C14H11BrClFO. The van der Waals surface area contributed by atoms with E-state index in [0.717, 1.165) is 10.0 Å². The minimum Gasteiger partial charge on any atom is -0.489 e. The Balaban J connectivity index is 2.08. The zero-order valence-corrected chi connectivity index (χ0v) is 11.8. The van der Waals surface area contributed by atoms with Crippen molar-refractivity contribution in [2.45, 2.75) is 12.5 Å². The second-order valence-corrected chi connectivity index (χ2v) is 4.98. The van der Waals surface area contributed by atoms with Crippen molar-refractivity contribution in [1.82, 2.24) is 0 Å². The van der Waals surface area contributed by atoms with Gasteiger partial charge in [-0.25, -0.2) is 4.39 Å². The molecule has 0 saturated heterocycles. The van der Waals surface area contributed by atoms with Crippen LogP contribution in [0.3, 0.4) is 0 Å². The third-order valence-corrected chi connectivity index (χ3v) is 3.29. The normalized spacial score (nSPS) is 10.4. The van der Waals surface area contributed by atoms with Crippen molar-refractivity contribution in [1.29, 1.82) is 0 Å². The molecule has 94 valence electrons. The zero-order valence-electron chi connectivity index (χ0n) is 9.50. The van der Waals surface area contributed by atoms with E-state index in [-0.39, 0.29) is 11.7 Å². The molecule has 0 N–H and O–H groups in total. The highest BCUT2D eigenvalue weighted by molar-refractivity contribution is 9.10. The minimum absolute atomic E-state index is 0.230. The van der Waals surface area contributed by atoms with Crippen LogP contribution < -0.4 is 4.74 Å². The van der Waals surface area contributed by atoms with Gasteiger partial charge in [0, 0.05) is 10.0 Å². The number of alkyl halides is 1. The highest BCUT2D eigenvalue weighted by atomic mass is 79.9. The molecule has 0 aliphatic carbocycles. The van der Waals surface area contributed by atoms with Gasteiger partial charge in [-0.05, 0) is 35.9 Å². The van der Waals surface area contributed by atoms with E-state index in [1.165, 1.54) is 12.1 Å². The van der Waals surface area contributed by atoms with E-state index in [2.05, 4.69) is 15.9 Å². The van der Waals surface area contributed by atoms with Crippen LogP contribution in [0.25, 0.3) is 0 Å². The van der Waals surface area contributed by atoms with Gasteiger partial charge in [-0.3, -0.25) is 0 Å². The van der Waals surface area contributed by atoms with E-state index in [4.69, 9.17) is 16.3 Å². The molecule has 0 atom stereocenters. The molecule has 0 fully saturated rings. The summed E-state index contributed by atoms with van der Waals surface area (Å²) in [4.78, 5) is 0. The first kappa shape index (κ1) is 13.4. The van der Waals surface area contributed by atoms with Gasteiger partial charge in [0.25, 0.3) is 0 Å². The molecule has 0 unspecified atom stereocenters. The molecule has 2 aromatic rings. The van der Waals surface area contributed by atoms with Crippen LogP contribution >= 0.6 is 27.5 Å². The van der Waals surface area contributed by atoms with E-state index >= 15 is 0 Å². The first-order valence-corrected chi connectivity index (χ1v) is 6.73. The Hall–Kier alpha value is -1.06. The van der Waals surface area contributed by atoms with Gasteiger partial charge in [0.05, 0.1) is 5.88 Å². The van der Waals surface area contributed by atoms with Gasteiger partial charge >= 0.3 is 0 Å². The largest absolute Gasteiger partial charge is 0.489 e. The van der Waals surface area contributed by atoms with Crippen molar-refractivity contribution in [3.8, 4) is 5.75 Å². The average Bonchev–Trinajstić information content (AvgIpc) is 2.39. The predicted octanol–water partition coefficient (Wildman–Crippen LogP) is 4.91. The summed E-state index contributed by atoms with van der Waals surface area (Å²) in [5, 5.41) is 0. The Kier molecular flexibility index (Phi) is 4.61. The Morgan fingerprint density at radius 2 is 1.83 bits per heavy atom. The molecular weight excluding hydrogens is 319 g/mol. The van der Waals surface area contributed by atoms with Gasteiger partial charge in [0.2, 0.25) is 0 Å². The maximum absolute atomic E-state index is 13.0. The van der Waals surface area contributed by atoms with Crippen molar-refractivity contribution in [2.24, 2.45) is 0 Å². The highest BCUT2D eigenvalue weighted by Gasteiger charge is 2.05. The van der Waals surface area contributed by atoms with Crippen LogP contribution in [-0.2, 0) is 12.5 Å². The second-order valence-electron chi connectivity index (χ2n) is 3.80. The molecule has 0 spiro atoms. The fourth-order valence-electron chi connectivity index (χ4n) is 1.53. The van der Waals surface area contributed by atoms with Gasteiger partial charge in [-0.1, -0.05) is 28.1 Å². The van der Waals surface area contributed by atoms with Crippen LogP contribution in [0.2, 0.25) is 0 Å². The SMILES string of the molecule is Fc1ccc(OCc2ccc(Br)cc2)c(CCl)c1. The molecule has 0 aromatic heterocycles. The summed E-state index contributed by atoms with van der Waals surface area (Å²) in [7, 11) is 0. The zero-order chi connectivity index (χ0) is 13.0. The van der Waals surface area contributed by atoms with Gasteiger partial charge in [-0.15, -0.1) is 11.6 Å². The predicted molar refractivity (Wildman–Crippen MR) is 74.4 cm³/mol. The number of hydrogen-bond acceptors (Lipinski definition) is 1. The molecule has 0 saturated carbocycles. The fourth-order valence-corrected chi connectivity index (χ4v) is 2.01. The van der Waals surface area contributed by atoms with Crippen LogP contribution in [0.1, 0.15) is 11.1 Å². The van der Waals surface area contributed by atoms with E-state index in [1.54, 1.807) is 6.07 Å². The van der Waals surface area contributed by atoms with E-state index in [9.17, 15) is 4.39 Å². The Morgan fingerprint density at radius 3 is 2.50 bits per heavy atom. The van der Waals surface area contributed by atoms with E-state index in [0.29, 0.717) is 17.9 Å². The van der Waals surface area contributed by atoms with Crippen molar-refractivity contribution < 1.29 is 9.13 Å². The van der Waals surface area contributed by atoms with Crippen LogP contribution in [0.4, 0.5) is 4.39 Å². The Bertz CT molecular complexity index is 528. The average molecular weight is 330 g/mol. The van der Waals surface area contributed by atoms with Crippen LogP contribution in [-0.4, -0.2) is 0 Å². The monoisotopic (exact) mass is 328 g/mol. The summed E-state index contributed by atoms with van der Waals surface area (Å²) in [5.74, 6) is 0.545. The summed E-state index contributed by atoms with van der Waals surface area (Å²) in [5.41, 5.74) is 1.71. The minimum atomic E-state index is -0.304. The number of ether oxygens (including phenoxy) is 1. The lowest BCUT2D eigenvalue weighted by molar-refractivity contribution is 0.303. The number of halogens is 3. The molecule has 0 amide bonds. The Morgan fingerprint density at radius 1 is 1.11 bits per heavy atom. The molecule has 0 bridgehead atoms. The number of hydrogen-bond donors (Lipinski definition) is 0. The van der Waals surface area contributed by atoms with Gasteiger partial charge in [0.15, 0.2) is 0 Å². The molecule has 0 radical (unpaired) electrons.